The first-order valence-electron chi connectivity index (χ1n) is 9.81. The van der Waals surface area contributed by atoms with E-state index < -0.39 is 0 Å². The summed E-state index contributed by atoms with van der Waals surface area (Å²) in [5.41, 5.74) is 1.01. The van der Waals surface area contributed by atoms with Gasteiger partial charge in [0, 0.05) is 24.7 Å². The molecule has 0 unspecified atom stereocenters. The largest absolute Gasteiger partial charge is 0.371 e. The van der Waals surface area contributed by atoms with Gasteiger partial charge < -0.3 is 19.5 Å². The minimum Gasteiger partial charge on any atom is -0.371 e. The van der Waals surface area contributed by atoms with E-state index in [1.807, 2.05) is 0 Å². The van der Waals surface area contributed by atoms with Crippen molar-refractivity contribution in [2.75, 3.05) is 25.0 Å². The maximum atomic E-state index is 13.6. The SMILES string of the molecule is Cc1ccc(NC(=O)N2CCC(c3noc(COCC4CC4)n3)CC2)cc1F. The highest BCUT2D eigenvalue weighted by Crippen LogP contribution is 2.29. The highest BCUT2D eigenvalue weighted by atomic mass is 19.1. The third-order valence-electron chi connectivity index (χ3n) is 5.33. The lowest BCUT2D eigenvalue weighted by atomic mass is 9.96. The standard InChI is InChI=1S/C20H25FN4O3/c1-13-2-5-16(10-17(13)21)22-20(26)25-8-6-15(7-9-25)19-23-18(28-24-19)12-27-11-14-3-4-14/h2,5,10,14-15H,3-4,6-9,11-12H2,1H3,(H,22,26). The zero-order valence-corrected chi connectivity index (χ0v) is 16.0. The van der Waals surface area contributed by atoms with E-state index in [-0.39, 0.29) is 17.8 Å². The fraction of sp³-hybridized carbons (Fsp3) is 0.550. The third-order valence-corrected chi connectivity index (χ3v) is 5.33. The van der Waals surface area contributed by atoms with Gasteiger partial charge in [-0.1, -0.05) is 11.2 Å². The Balaban J connectivity index is 1.25. The fourth-order valence-electron chi connectivity index (χ4n) is 3.30. The van der Waals surface area contributed by atoms with Crippen LogP contribution in [0.25, 0.3) is 0 Å². The summed E-state index contributed by atoms with van der Waals surface area (Å²) in [6, 6.07) is 4.48. The molecule has 1 aliphatic heterocycles. The van der Waals surface area contributed by atoms with Crippen LogP contribution in [-0.4, -0.2) is 40.8 Å². The van der Waals surface area contributed by atoms with Crippen molar-refractivity contribution in [3.63, 3.8) is 0 Å². The number of ether oxygens (including phenoxy) is 1. The zero-order chi connectivity index (χ0) is 19.5. The first-order chi connectivity index (χ1) is 13.6. The zero-order valence-electron chi connectivity index (χ0n) is 16.0. The molecule has 150 valence electrons. The van der Waals surface area contributed by atoms with E-state index >= 15 is 0 Å². The average molecular weight is 388 g/mol. The number of carbonyl (C=O) groups is 1. The molecular weight excluding hydrogens is 363 g/mol. The molecule has 1 saturated heterocycles. The highest BCUT2D eigenvalue weighted by molar-refractivity contribution is 5.89. The van der Waals surface area contributed by atoms with Crippen molar-refractivity contribution in [3.8, 4) is 0 Å². The van der Waals surface area contributed by atoms with E-state index in [1.54, 1.807) is 24.0 Å². The van der Waals surface area contributed by atoms with E-state index in [1.165, 1.54) is 18.9 Å². The van der Waals surface area contributed by atoms with Gasteiger partial charge in [0.2, 0.25) is 0 Å². The van der Waals surface area contributed by atoms with Crippen LogP contribution in [0.5, 0.6) is 0 Å². The molecule has 2 heterocycles. The Morgan fingerprint density at radius 1 is 1.32 bits per heavy atom. The molecule has 1 saturated carbocycles. The predicted octanol–water partition coefficient (Wildman–Crippen LogP) is 3.86. The second-order valence-electron chi connectivity index (χ2n) is 7.66. The molecule has 7 nitrogen and oxygen atoms in total. The minimum atomic E-state index is -0.328. The normalized spacial score (nSPS) is 17.7. The van der Waals surface area contributed by atoms with Crippen LogP contribution >= 0.6 is 0 Å². The Bertz CT molecular complexity index is 829. The van der Waals surface area contributed by atoms with E-state index in [2.05, 4.69) is 15.5 Å². The molecule has 1 aliphatic carbocycles. The molecule has 2 fully saturated rings. The van der Waals surface area contributed by atoms with Crippen molar-refractivity contribution in [2.45, 2.75) is 45.1 Å². The quantitative estimate of drug-likeness (QED) is 0.813. The van der Waals surface area contributed by atoms with Crippen molar-refractivity contribution in [1.82, 2.24) is 15.0 Å². The van der Waals surface area contributed by atoms with Crippen LogP contribution in [0.15, 0.2) is 22.7 Å². The van der Waals surface area contributed by atoms with Gasteiger partial charge in [-0.25, -0.2) is 9.18 Å². The smallest absolute Gasteiger partial charge is 0.321 e. The predicted molar refractivity (Wildman–Crippen MR) is 100 cm³/mol. The van der Waals surface area contributed by atoms with E-state index in [4.69, 9.17) is 9.26 Å². The van der Waals surface area contributed by atoms with Gasteiger partial charge in [-0.2, -0.15) is 4.98 Å². The molecule has 0 radical (unpaired) electrons. The van der Waals surface area contributed by atoms with Crippen molar-refractivity contribution < 1.29 is 18.4 Å². The molecule has 8 heteroatoms. The van der Waals surface area contributed by atoms with Gasteiger partial charge >= 0.3 is 6.03 Å². The van der Waals surface area contributed by atoms with Crippen LogP contribution in [0, 0.1) is 18.7 Å². The number of carbonyl (C=O) groups excluding carboxylic acids is 1. The number of benzene rings is 1. The van der Waals surface area contributed by atoms with Gasteiger partial charge in [0.05, 0.1) is 6.61 Å². The summed E-state index contributed by atoms with van der Waals surface area (Å²) in [6.07, 6.45) is 4.02. The molecule has 1 aromatic heterocycles. The first kappa shape index (κ1) is 18.9. The van der Waals surface area contributed by atoms with Crippen LogP contribution in [0.2, 0.25) is 0 Å². The van der Waals surface area contributed by atoms with E-state index in [0.29, 0.717) is 48.6 Å². The van der Waals surface area contributed by atoms with Gasteiger partial charge in [0.25, 0.3) is 5.89 Å². The van der Waals surface area contributed by atoms with Gasteiger partial charge in [0.1, 0.15) is 12.4 Å². The molecule has 28 heavy (non-hydrogen) atoms. The van der Waals surface area contributed by atoms with Crippen LogP contribution in [-0.2, 0) is 11.3 Å². The second-order valence-corrected chi connectivity index (χ2v) is 7.66. The van der Waals surface area contributed by atoms with Gasteiger partial charge in [0.15, 0.2) is 5.82 Å². The van der Waals surface area contributed by atoms with Crippen molar-refractivity contribution in [2.24, 2.45) is 5.92 Å². The number of hydrogen-bond donors (Lipinski definition) is 1. The number of nitrogens with zero attached hydrogens (tertiary/aromatic N) is 3. The number of halogens is 1. The van der Waals surface area contributed by atoms with E-state index in [0.717, 1.165) is 19.4 Å². The topological polar surface area (TPSA) is 80.5 Å². The summed E-state index contributed by atoms with van der Waals surface area (Å²) in [7, 11) is 0. The van der Waals surface area contributed by atoms with Crippen LogP contribution in [0.4, 0.5) is 14.9 Å². The number of anilines is 1. The molecule has 0 atom stereocenters. The molecule has 2 aromatic rings. The van der Waals surface area contributed by atoms with E-state index in [9.17, 15) is 9.18 Å². The second kappa shape index (κ2) is 8.26. The monoisotopic (exact) mass is 388 g/mol. The van der Waals surface area contributed by atoms with Crippen LogP contribution in [0.1, 0.15) is 48.9 Å². The van der Waals surface area contributed by atoms with Gasteiger partial charge in [-0.15, -0.1) is 0 Å². The lowest BCUT2D eigenvalue weighted by Gasteiger charge is -2.30. The number of urea groups is 1. The molecule has 0 spiro atoms. The number of amides is 2. The summed E-state index contributed by atoms with van der Waals surface area (Å²) >= 11 is 0. The molecule has 1 aromatic carbocycles. The number of rotatable bonds is 6. The molecule has 2 aliphatic rings. The Kier molecular flexibility index (Phi) is 5.57. The minimum absolute atomic E-state index is 0.168. The average Bonchev–Trinajstić information content (AvgIpc) is 3.40. The third kappa shape index (κ3) is 4.67. The molecule has 0 bridgehead atoms. The number of piperidine rings is 1. The summed E-state index contributed by atoms with van der Waals surface area (Å²) in [5.74, 6) is 1.74. The Morgan fingerprint density at radius 3 is 2.82 bits per heavy atom. The Labute approximate surface area is 163 Å². The summed E-state index contributed by atoms with van der Waals surface area (Å²) in [5, 5.41) is 6.84. The lowest BCUT2D eigenvalue weighted by molar-refractivity contribution is 0.0894. The first-order valence-corrected chi connectivity index (χ1v) is 9.81. The summed E-state index contributed by atoms with van der Waals surface area (Å²) in [6.45, 7) is 3.99. The van der Waals surface area contributed by atoms with Crippen molar-refractivity contribution in [3.05, 3.63) is 41.3 Å². The fourth-order valence-corrected chi connectivity index (χ4v) is 3.30. The molecule has 1 N–H and O–H groups in total. The molecule has 2 amide bonds. The maximum absolute atomic E-state index is 13.6. The number of aromatic nitrogens is 2. The summed E-state index contributed by atoms with van der Waals surface area (Å²) < 4.78 is 24.5. The summed E-state index contributed by atoms with van der Waals surface area (Å²) in [4.78, 5) is 18.6. The van der Waals surface area contributed by atoms with Gasteiger partial charge in [-0.05, 0) is 56.2 Å². The van der Waals surface area contributed by atoms with Crippen LogP contribution < -0.4 is 5.32 Å². The maximum Gasteiger partial charge on any atom is 0.321 e. The number of nitrogens with one attached hydrogen (secondary N) is 1. The number of likely N-dealkylation sites (tertiary alicyclic amines) is 1. The Morgan fingerprint density at radius 2 is 2.11 bits per heavy atom. The van der Waals surface area contributed by atoms with Crippen molar-refractivity contribution >= 4 is 11.7 Å². The van der Waals surface area contributed by atoms with Crippen molar-refractivity contribution in [1.29, 1.82) is 0 Å². The van der Waals surface area contributed by atoms with Crippen LogP contribution in [0.3, 0.4) is 0 Å². The molecule has 4 rings (SSSR count). The van der Waals surface area contributed by atoms with Gasteiger partial charge in [-0.3, -0.25) is 0 Å². The lowest BCUT2D eigenvalue weighted by Crippen LogP contribution is -2.40. The highest BCUT2D eigenvalue weighted by Gasteiger charge is 2.27. The molecular formula is C20H25FN4O3. The number of aryl methyl sites for hydroxylation is 1. The Hall–Kier alpha value is -2.48. The number of hydrogen-bond acceptors (Lipinski definition) is 5.